The number of amides is 1. The number of nitrogens with zero attached hydrogens (tertiary/aromatic N) is 3. The van der Waals surface area contributed by atoms with Crippen LogP contribution in [0.3, 0.4) is 0 Å². The molecule has 0 saturated carbocycles. The Morgan fingerprint density at radius 1 is 1.33 bits per heavy atom. The molecule has 2 aromatic rings. The Labute approximate surface area is 181 Å². The van der Waals surface area contributed by atoms with Crippen LogP contribution < -0.4 is 10.1 Å². The van der Waals surface area contributed by atoms with E-state index in [0.717, 1.165) is 11.8 Å². The van der Waals surface area contributed by atoms with Crippen molar-refractivity contribution >= 4 is 35.5 Å². The monoisotopic (exact) mass is 434 g/mol. The first-order valence-corrected chi connectivity index (χ1v) is 9.89. The number of hydrogen-bond acceptors (Lipinski definition) is 7. The number of rotatable bonds is 8. The van der Waals surface area contributed by atoms with E-state index in [1.807, 2.05) is 27.7 Å². The Morgan fingerprint density at radius 3 is 2.73 bits per heavy atom. The maximum Gasteiger partial charge on any atom is 0.410 e. The summed E-state index contributed by atoms with van der Waals surface area (Å²) in [6.07, 6.45) is 2.56. The average Bonchev–Trinajstić information content (AvgIpc) is 2.67. The van der Waals surface area contributed by atoms with Crippen LogP contribution in [0.1, 0.15) is 43.1 Å². The number of aldehydes is 1. The van der Waals surface area contributed by atoms with E-state index >= 15 is 0 Å². The molecule has 0 atom stereocenters. The number of halogens is 1. The van der Waals surface area contributed by atoms with Gasteiger partial charge in [0.1, 0.15) is 23.5 Å². The van der Waals surface area contributed by atoms with E-state index < -0.39 is 5.60 Å². The van der Waals surface area contributed by atoms with E-state index in [2.05, 4.69) is 15.3 Å². The molecule has 162 valence electrons. The Kier molecular flexibility index (Phi) is 8.00. The molecule has 1 heterocycles. The van der Waals surface area contributed by atoms with Crippen LogP contribution in [0.15, 0.2) is 24.4 Å². The van der Waals surface area contributed by atoms with Crippen molar-refractivity contribution in [2.24, 2.45) is 0 Å². The van der Waals surface area contributed by atoms with Gasteiger partial charge in [0.25, 0.3) is 0 Å². The summed E-state index contributed by atoms with van der Waals surface area (Å²) < 4.78 is 11.2. The molecule has 8 nitrogen and oxygen atoms in total. The third kappa shape index (κ3) is 7.18. The standard InChI is InChI=1S/C21H27ClN4O4/c1-14-12-23-19(22)25-18(14)24-16-8-7-15(13-27)11-17(16)29-10-6-9-26(5)20(28)30-21(2,3)4/h7-8,11-13H,6,9-10H2,1-5H3,(H,23,24,25). The van der Waals surface area contributed by atoms with Crippen molar-refractivity contribution in [1.29, 1.82) is 0 Å². The first-order valence-electron chi connectivity index (χ1n) is 9.51. The van der Waals surface area contributed by atoms with Crippen LogP contribution in [0.25, 0.3) is 0 Å². The molecule has 0 aliphatic rings. The van der Waals surface area contributed by atoms with Crippen molar-refractivity contribution in [3.8, 4) is 5.75 Å². The van der Waals surface area contributed by atoms with E-state index in [9.17, 15) is 9.59 Å². The summed E-state index contributed by atoms with van der Waals surface area (Å²) in [6.45, 7) is 8.12. The number of hydrogen-bond donors (Lipinski definition) is 1. The summed E-state index contributed by atoms with van der Waals surface area (Å²) >= 11 is 5.89. The van der Waals surface area contributed by atoms with Crippen LogP contribution in [0.5, 0.6) is 5.75 Å². The Morgan fingerprint density at radius 2 is 2.07 bits per heavy atom. The van der Waals surface area contributed by atoms with Gasteiger partial charge in [-0.2, -0.15) is 0 Å². The van der Waals surface area contributed by atoms with Gasteiger partial charge < -0.3 is 19.7 Å². The molecule has 1 aromatic heterocycles. The van der Waals surface area contributed by atoms with Gasteiger partial charge in [-0.1, -0.05) is 0 Å². The molecule has 0 fully saturated rings. The average molecular weight is 435 g/mol. The number of aryl methyl sites for hydroxylation is 1. The van der Waals surface area contributed by atoms with Crippen LogP contribution in [0, 0.1) is 6.92 Å². The molecule has 1 aromatic carbocycles. The van der Waals surface area contributed by atoms with Gasteiger partial charge in [-0.3, -0.25) is 4.79 Å². The second kappa shape index (κ2) is 10.2. The summed E-state index contributed by atoms with van der Waals surface area (Å²) in [5, 5.41) is 3.29. The van der Waals surface area contributed by atoms with Crippen molar-refractivity contribution in [2.75, 3.05) is 25.5 Å². The van der Waals surface area contributed by atoms with Crippen molar-refractivity contribution in [2.45, 2.75) is 39.7 Å². The van der Waals surface area contributed by atoms with Crippen molar-refractivity contribution in [1.82, 2.24) is 14.9 Å². The quantitative estimate of drug-likeness (QED) is 0.367. The van der Waals surface area contributed by atoms with Gasteiger partial charge in [0.05, 0.1) is 12.3 Å². The lowest BCUT2D eigenvalue weighted by molar-refractivity contribution is 0.0292. The highest BCUT2D eigenvalue weighted by molar-refractivity contribution is 6.28. The summed E-state index contributed by atoms with van der Waals surface area (Å²) in [4.78, 5) is 32.8. The molecular formula is C21H27ClN4O4. The molecule has 2 rings (SSSR count). The number of carbonyl (C=O) groups is 2. The zero-order chi connectivity index (χ0) is 22.3. The zero-order valence-corrected chi connectivity index (χ0v) is 18.6. The molecule has 0 aliphatic heterocycles. The fourth-order valence-corrected chi connectivity index (χ4v) is 2.56. The number of nitrogens with one attached hydrogen (secondary N) is 1. The second-order valence-electron chi connectivity index (χ2n) is 7.77. The van der Waals surface area contributed by atoms with E-state index in [1.54, 1.807) is 31.4 Å². The molecule has 1 amide bonds. The predicted molar refractivity (Wildman–Crippen MR) is 116 cm³/mol. The fraction of sp³-hybridized carbons (Fsp3) is 0.429. The number of ether oxygens (including phenoxy) is 2. The highest BCUT2D eigenvalue weighted by Gasteiger charge is 2.19. The van der Waals surface area contributed by atoms with Gasteiger partial charge in [-0.15, -0.1) is 0 Å². The molecular weight excluding hydrogens is 408 g/mol. The SMILES string of the molecule is Cc1cnc(Cl)nc1Nc1ccc(C=O)cc1OCCCN(C)C(=O)OC(C)(C)C. The maximum atomic E-state index is 12.0. The summed E-state index contributed by atoms with van der Waals surface area (Å²) in [5.41, 5.74) is 1.39. The van der Waals surface area contributed by atoms with Crippen molar-refractivity contribution < 1.29 is 19.1 Å². The lowest BCUT2D eigenvalue weighted by Gasteiger charge is -2.24. The van der Waals surface area contributed by atoms with Crippen LogP contribution in [0.4, 0.5) is 16.3 Å². The molecule has 0 bridgehead atoms. The Balaban J connectivity index is 2.01. The summed E-state index contributed by atoms with van der Waals surface area (Å²) in [5.74, 6) is 1.04. The van der Waals surface area contributed by atoms with Gasteiger partial charge in [0.2, 0.25) is 5.28 Å². The lowest BCUT2D eigenvalue weighted by Crippen LogP contribution is -2.35. The minimum atomic E-state index is -0.542. The zero-order valence-electron chi connectivity index (χ0n) is 17.9. The molecule has 0 unspecified atom stereocenters. The molecule has 9 heteroatoms. The van der Waals surface area contributed by atoms with Gasteiger partial charge >= 0.3 is 6.09 Å². The molecule has 0 aliphatic carbocycles. The minimum Gasteiger partial charge on any atom is -0.491 e. The number of aromatic nitrogens is 2. The van der Waals surface area contributed by atoms with E-state index in [1.165, 1.54) is 4.90 Å². The smallest absolute Gasteiger partial charge is 0.410 e. The molecule has 0 saturated heterocycles. The minimum absolute atomic E-state index is 0.125. The Bertz CT molecular complexity index is 899. The van der Waals surface area contributed by atoms with Gasteiger partial charge in [-0.05, 0) is 63.9 Å². The topological polar surface area (TPSA) is 93.6 Å². The molecule has 0 radical (unpaired) electrons. The highest BCUT2D eigenvalue weighted by Crippen LogP contribution is 2.29. The second-order valence-corrected chi connectivity index (χ2v) is 8.11. The van der Waals surface area contributed by atoms with Crippen molar-refractivity contribution in [3.05, 3.63) is 40.8 Å². The van der Waals surface area contributed by atoms with E-state index in [0.29, 0.717) is 42.4 Å². The normalized spacial score (nSPS) is 11.0. The molecule has 1 N–H and O–H groups in total. The fourth-order valence-electron chi connectivity index (χ4n) is 2.42. The number of anilines is 2. The van der Waals surface area contributed by atoms with Crippen LogP contribution in [-0.4, -0.2) is 53.0 Å². The van der Waals surface area contributed by atoms with E-state index in [4.69, 9.17) is 21.1 Å². The predicted octanol–water partition coefficient (Wildman–Crippen LogP) is 4.63. The Hall–Kier alpha value is -2.87. The number of carbonyl (C=O) groups excluding carboxylic acids is 2. The molecule has 30 heavy (non-hydrogen) atoms. The molecule has 0 spiro atoms. The van der Waals surface area contributed by atoms with Crippen LogP contribution in [0.2, 0.25) is 5.28 Å². The third-order valence-electron chi connectivity index (χ3n) is 3.94. The third-order valence-corrected chi connectivity index (χ3v) is 4.12. The lowest BCUT2D eigenvalue weighted by atomic mass is 10.2. The maximum absolute atomic E-state index is 12.0. The number of benzene rings is 1. The summed E-state index contributed by atoms with van der Waals surface area (Å²) in [7, 11) is 1.68. The van der Waals surface area contributed by atoms with Gasteiger partial charge in [0, 0.05) is 30.9 Å². The van der Waals surface area contributed by atoms with Crippen LogP contribution in [-0.2, 0) is 4.74 Å². The van der Waals surface area contributed by atoms with Gasteiger partial charge in [0.15, 0.2) is 0 Å². The highest BCUT2D eigenvalue weighted by atomic mass is 35.5. The summed E-state index contributed by atoms with van der Waals surface area (Å²) in [6, 6.07) is 5.06. The van der Waals surface area contributed by atoms with E-state index in [-0.39, 0.29) is 11.4 Å². The van der Waals surface area contributed by atoms with Crippen molar-refractivity contribution in [3.63, 3.8) is 0 Å². The van der Waals surface area contributed by atoms with Gasteiger partial charge in [-0.25, -0.2) is 14.8 Å². The first kappa shape index (κ1) is 23.4. The first-order chi connectivity index (χ1) is 14.1. The largest absolute Gasteiger partial charge is 0.491 e. The van der Waals surface area contributed by atoms with Crippen LogP contribution >= 0.6 is 11.6 Å².